The van der Waals surface area contributed by atoms with Crippen molar-refractivity contribution in [2.24, 2.45) is 0 Å². The predicted octanol–water partition coefficient (Wildman–Crippen LogP) is 4.00. The van der Waals surface area contributed by atoms with Gasteiger partial charge < -0.3 is 15.2 Å². The van der Waals surface area contributed by atoms with Gasteiger partial charge in [0.05, 0.1) is 14.8 Å². The molecule has 0 bridgehead atoms. The van der Waals surface area contributed by atoms with Crippen LogP contribution in [-0.2, 0) is 14.3 Å². The Morgan fingerprint density at radius 3 is 2.12 bits per heavy atom. The normalized spacial score (nSPS) is 13.2. The number of aliphatic hydroxyl groups is 1. The highest BCUT2D eigenvalue weighted by molar-refractivity contribution is 14.1. The number of aliphatic hydroxyl groups excluding tert-OH is 1. The molecule has 6 nitrogen and oxygen atoms in total. The summed E-state index contributed by atoms with van der Waals surface area (Å²) < 4.78 is 6.06. The number of benzene rings is 1. The van der Waals surface area contributed by atoms with Gasteiger partial charge in [0.25, 0.3) is 11.1 Å². The van der Waals surface area contributed by atoms with E-state index in [-0.39, 0.29) is 16.8 Å². The molecule has 0 fully saturated rings. The Morgan fingerprint density at radius 2 is 1.71 bits per heavy atom. The fraction of sp³-hybridized carbons (Fsp3) is 0.308. The zero-order valence-electron chi connectivity index (χ0n) is 12.1. The number of nitrogens with one attached hydrogen (secondary N) is 1. The van der Waals surface area contributed by atoms with Crippen LogP contribution in [0.3, 0.4) is 0 Å². The number of hydrogen-bond donors (Lipinski definition) is 2. The number of rotatable bonds is 5. The zero-order chi connectivity index (χ0) is 18.8. The van der Waals surface area contributed by atoms with Gasteiger partial charge in [-0.1, -0.05) is 11.6 Å². The highest BCUT2D eigenvalue weighted by Gasteiger charge is 2.28. The summed E-state index contributed by atoms with van der Waals surface area (Å²) in [5.41, 5.74) is -0.738. The summed E-state index contributed by atoms with van der Waals surface area (Å²) in [6.45, 7) is 2.60. The monoisotopic (exact) mass is 711 g/mol. The molecule has 0 saturated carbocycles. The Bertz CT molecular complexity index is 712. The first-order valence-electron chi connectivity index (χ1n) is 6.19. The van der Waals surface area contributed by atoms with E-state index in [1.807, 2.05) is 67.8 Å². The van der Waals surface area contributed by atoms with E-state index in [4.69, 9.17) is 27.9 Å². The second-order valence-corrected chi connectivity index (χ2v) is 8.45. The van der Waals surface area contributed by atoms with Gasteiger partial charge in [-0.2, -0.15) is 0 Å². The van der Waals surface area contributed by atoms with Crippen LogP contribution in [0.2, 0.25) is 0 Å². The number of hydrogen-bond acceptors (Lipinski definition) is 5. The molecular weight excluding hydrogens is 702 g/mol. The number of alkyl halides is 1. The van der Waals surface area contributed by atoms with Crippen LogP contribution >= 0.6 is 91.0 Å². The molecule has 24 heavy (non-hydrogen) atoms. The van der Waals surface area contributed by atoms with Gasteiger partial charge in [-0.25, -0.2) is 0 Å². The first kappa shape index (κ1) is 22.6. The van der Waals surface area contributed by atoms with Gasteiger partial charge in [0.1, 0.15) is 0 Å². The lowest BCUT2D eigenvalue weighted by Gasteiger charge is -2.20. The number of ether oxygens (including phenoxy) is 1. The Morgan fingerprint density at radius 1 is 1.17 bits per heavy atom. The fourth-order valence-corrected chi connectivity index (χ4v) is 7.31. The number of halogens is 5. The van der Waals surface area contributed by atoms with Crippen LogP contribution in [0.25, 0.3) is 0 Å². The van der Waals surface area contributed by atoms with E-state index in [1.165, 1.54) is 13.8 Å². The average Bonchev–Trinajstić information content (AvgIpc) is 2.41. The molecule has 0 heterocycles. The lowest BCUT2D eigenvalue weighted by atomic mass is 10.1. The molecular formula is C13H10Cl2I3NO5. The molecule has 0 aliphatic rings. The summed E-state index contributed by atoms with van der Waals surface area (Å²) in [5, 5.41) is 11.6. The molecule has 132 valence electrons. The van der Waals surface area contributed by atoms with Crippen LogP contribution in [0, 0.1) is 10.7 Å². The Hall–Kier alpha value is 0.560. The van der Waals surface area contributed by atoms with Gasteiger partial charge in [0.2, 0.25) is 0 Å². The van der Waals surface area contributed by atoms with E-state index in [0.717, 1.165) is 0 Å². The number of esters is 1. The smallest absolute Gasteiger partial charge is 0.303 e. The summed E-state index contributed by atoms with van der Waals surface area (Å²) in [7, 11) is 0. The third-order valence-electron chi connectivity index (χ3n) is 2.75. The Labute approximate surface area is 188 Å². The van der Waals surface area contributed by atoms with Gasteiger partial charge in [-0.05, 0) is 86.3 Å². The Balaban J connectivity index is 3.45. The summed E-state index contributed by atoms with van der Waals surface area (Å²) >= 11 is 17.0. The van der Waals surface area contributed by atoms with Crippen molar-refractivity contribution < 1.29 is 24.2 Å². The summed E-state index contributed by atoms with van der Waals surface area (Å²) in [6, 6.07) is 0. The molecule has 0 saturated heterocycles. The van der Waals surface area contributed by atoms with Gasteiger partial charge in [0, 0.05) is 19.6 Å². The molecule has 1 unspecified atom stereocenters. The van der Waals surface area contributed by atoms with Crippen LogP contribution in [0.4, 0.5) is 5.69 Å². The van der Waals surface area contributed by atoms with Crippen molar-refractivity contribution in [3.05, 3.63) is 21.8 Å². The van der Waals surface area contributed by atoms with Crippen molar-refractivity contribution in [1.82, 2.24) is 0 Å². The van der Waals surface area contributed by atoms with Gasteiger partial charge in [-0.15, -0.1) is 0 Å². The van der Waals surface area contributed by atoms with Crippen molar-refractivity contribution in [1.29, 1.82) is 0 Å². The molecule has 0 aromatic heterocycles. The largest absolute Gasteiger partial charge is 0.453 e. The lowest BCUT2D eigenvalue weighted by Crippen LogP contribution is -2.30. The second kappa shape index (κ2) is 9.48. The molecule has 0 spiro atoms. The minimum atomic E-state index is -1.39. The zero-order valence-corrected chi connectivity index (χ0v) is 20.1. The van der Waals surface area contributed by atoms with E-state index in [1.54, 1.807) is 0 Å². The van der Waals surface area contributed by atoms with E-state index in [2.05, 4.69) is 5.32 Å². The van der Waals surface area contributed by atoms with Crippen molar-refractivity contribution in [3.63, 3.8) is 0 Å². The molecule has 1 amide bonds. The summed E-state index contributed by atoms with van der Waals surface area (Å²) in [4.78, 5) is 34.9. The van der Waals surface area contributed by atoms with E-state index in [9.17, 15) is 19.5 Å². The van der Waals surface area contributed by atoms with Crippen LogP contribution in [0.5, 0.6) is 0 Å². The van der Waals surface area contributed by atoms with E-state index in [0.29, 0.717) is 10.7 Å². The standard InChI is InChI=1S/C13H10Cl2I3NO5/c1-3(24-4(2)20)13(23)19-10-8(17)5(11(14)21)7(16)6(9(10)18)12(15)22/h3,11,21H,1-2H3,(H,19,23)/t3-,11?/m0/s1. The molecule has 11 heteroatoms. The topological polar surface area (TPSA) is 92.7 Å². The molecule has 1 rings (SSSR count). The lowest BCUT2D eigenvalue weighted by molar-refractivity contribution is -0.150. The van der Waals surface area contributed by atoms with Crippen molar-refractivity contribution in [2.45, 2.75) is 25.5 Å². The van der Waals surface area contributed by atoms with E-state index >= 15 is 0 Å². The van der Waals surface area contributed by atoms with E-state index < -0.39 is 28.8 Å². The first-order chi connectivity index (χ1) is 11.0. The van der Waals surface area contributed by atoms with Crippen molar-refractivity contribution >= 4 is 114 Å². The fourth-order valence-electron chi connectivity index (χ4n) is 1.70. The quantitative estimate of drug-likeness (QED) is 0.209. The molecule has 2 atom stereocenters. The molecule has 0 radical (unpaired) electrons. The number of amides is 1. The molecule has 0 aliphatic carbocycles. The first-order valence-corrected chi connectivity index (χ1v) is 10.2. The predicted molar refractivity (Wildman–Crippen MR) is 115 cm³/mol. The van der Waals surface area contributed by atoms with Crippen LogP contribution in [-0.4, -0.2) is 28.3 Å². The van der Waals surface area contributed by atoms with Crippen molar-refractivity contribution in [2.75, 3.05) is 5.32 Å². The third-order valence-corrected chi connectivity index (χ3v) is 6.47. The number of anilines is 1. The number of carbonyl (C=O) groups excluding carboxylic acids is 3. The van der Waals surface area contributed by atoms with Crippen LogP contribution in [0.1, 0.15) is 35.3 Å². The minimum Gasteiger partial charge on any atom is -0.453 e. The molecule has 1 aromatic rings. The highest BCUT2D eigenvalue weighted by Crippen LogP contribution is 2.40. The second-order valence-electron chi connectivity index (χ2n) is 4.46. The maximum absolute atomic E-state index is 12.2. The third kappa shape index (κ3) is 5.28. The highest BCUT2D eigenvalue weighted by atomic mass is 127. The molecule has 0 aliphatic heterocycles. The number of carbonyl (C=O) groups is 3. The average molecular weight is 712 g/mol. The molecule has 1 aromatic carbocycles. The summed E-state index contributed by atoms with van der Waals surface area (Å²) in [6.07, 6.45) is -1.03. The van der Waals surface area contributed by atoms with Crippen molar-refractivity contribution in [3.8, 4) is 0 Å². The van der Waals surface area contributed by atoms with Gasteiger partial charge in [-0.3, -0.25) is 14.4 Å². The SMILES string of the molecule is CC(=O)O[C@@H](C)C(=O)Nc1c(I)c(C(=O)Cl)c(I)c(C(O)Cl)c1I. The van der Waals surface area contributed by atoms with Crippen LogP contribution < -0.4 is 5.32 Å². The summed E-state index contributed by atoms with van der Waals surface area (Å²) in [5.74, 6) is -1.19. The maximum atomic E-state index is 12.2. The maximum Gasteiger partial charge on any atom is 0.303 e. The van der Waals surface area contributed by atoms with Gasteiger partial charge >= 0.3 is 5.97 Å². The Kier molecular flexibility index (Phi) is 8.93. The van der Waals surface area contributed by atoms with Crippen LogP contribution in [0.15, 0.2) is 0 Å². The van der Waals surface area contributed by atoms with Gasteiger partial charge in [0.15, 0.2) is 11.7 Å². The molecule has 2 N–H and O–H groups in total. The minimum absolute atomic E-state index is 0.128.